The summed E-state index contributed by atoms with van der Waals surface area (Å²) in [7, 11) is -4.25. The van der Waals surface area contributed by atoms with Crippen LogP contribution in [0.1, 0.15) is 38.2 Å². The van der Waals surface area contributed by atoms with Gasteiger partial charge in [-0.15, -0.1) is 0 Å². The Balaban J connectivity index is 2.62. The molecule has 0 atom stereocenters. The topological polar surface area (TPSA) is 55.4 Å². The number of benzene rings is 1. The molecule has 0 radical (unpaired) electrons. The molecule has 0 heterocycles. The molecule has 1 aromatic carbocycles. The van der Waals surface area contributed by atoms with Crippen molar-refractivity contribution in [3.05, 3.63) is 29.8 Å². The summed E-state index contributed by atoms with van der Waals surface area (Å²) in [6.07, 6.45) is -0.868. The van der Waals surface area contributed by atoms with Gasteiger partial charge in [0.25, 0.3) is 0 Å². The fourth-order valence-electron chi connectivity index (χ4n) is 1.62. The van der Waals surface area contributed by atoms with Crippen molar-refractivity contribution in [2.24, 2.45) is 0 Å². The molecule has 120 valence electrons. The summed E-state index contributed by atoms with van der Waals surface area (Å²) >= 11 is 0. The van der Waals surface area contributed by atoms with Gasteiger partial charge in [0, 0.05) is 6.54 Å². The Morgan fingerprint density at radius 2 is 1.90 bits per heavy atom. The van der Waals surface area contributed by atoms with E-state index in [1.807, 2.05) is 6.92 Å². The SMILES string of the molecule is CCCCCCNOS(=O)(=O)c1cccc(C(F)(F)F)c1. The summed E-state index contributed by atoms with van der Waals surface area (Å²) in [5.41, 5.74) is 1.24. The Hall–Kier alpha value is -1.12. The molecule has 0 aliphatic rings. The highest BCUT2D eigenvalue weighted by atomic mass is 32.2. The van der Waals surface area contributed by atoms with Crippen molar-refractivity contribution in [3.8, 4) is 0 Å². The predicted octanol–water partition coefficient (Wildman–Crippen LogP) is 3.50. The number of halogens is 3. The Morgan fingerprint density at radius 1 is 1.19 bits per heavy atom. The number of unbranched alkanes of at least 4 members (excludes halogenated alkanes) is 3. The van der Waals surface area contributed by atoms with Gasteiger partial charge in [-0.3, -0.25) is 0 Å². The van der Waals surface area contributed by atoms with Crippen LogP contribution in [0.4, 0.5) is 13.2 Å². The lowest BCUT2D eigenvalue weighted by Gasteiger charge is -2.09. The first-order valence-electron chi connectivity index (χ1n) is 6.61. The number of hydrogen-bond acceptors (Lipinski definition) is 4. The van der Waals surface area contributed by atoms with Gasteiger partial charge in [0.15, 0.2) is 0 Å². The minimum atomic E-state index is -4.60. The van der Waals surface area contributed by atoms with Gasteiger partial charge in [-0.2, -0.15) is 31.4 Å². The molecule has 1 rings (SSSR count). The molecule has 4 nitrogen and oxygen atoms in total. The number of hydroxylamine groups is 1. The maximum absolute atomic E-state index is 12.5. The largest absolute Gasteiger partial charge is 0.416 e. The molecule has 0 aliphatic heterocycles. The van der Waals surface area contributed by atoms with E-state index >= 15 is 0 Å². The fraction of sp³-hybridized carbons (Fsp3) is 0.538. The first-order valence-corrected chi connectivity index (χ1v) is 8.02. The minimum Gasteiger partial charge on any atom is -0.192 e. The molecule has 0 aromatic heterocycles. The summed E-state index contributed by atoms with van der Waals surface area (Å²) < 4.78 is 65.6. The standard InChI is InChI=1S/C13H18F3NO3S/c1-2-3-4-5-9-17-20-21(18,19)12-8-6-7-11(10-12)13(14,15)16/h6-8,10,17H,2-5,9H2,1H3. The molecule has 0 spiro atoms. The second-order valence-corrected chi connectivity index (χ2v) is 6.06. The molecular weight excluding hydrogens is 307 g/mol. The van der Waals surface area contributed by atoms with E-state index in [4.69, 9.17) is 0 Å². The summed E-state index contributed by atoms with van der Waals surface area (Å²) in [4.78, 5) is -0.529. The zero-order chi connectivity index (χ0) is 15.9. The van der Waals surface area contributed by atoms with Crippen molar-refractivity contribution < 1.29 is 25.9 Å². The molecule has 0 fully saturated rings. The van der Waals surface area contributed by atoms with Crippen molar-refractivity contribution in [3.63, 3.8) is 0 Å². The molecule has 8 heteroatoms. The van der Waals surface area contributed by atoms with E-state index in [0.29, 0.717) is 12.6 Å². The van der Waals surface area contributed by atoms with Crippen molar-refractivity contribution in [2.45, 2.75) is 43.7 Å². The van der Waals surface area contributed by atoms with Gasteiger partial charge in [0.05, 0.1) is 10.5 Å². The molecule has 21 heavy (non-hydrogen) atoms. The number of hydrogen-bond donors (Lipinski definition) is 1. The van der Waals surface area contributed by atoms with E-state index < -0.39 is 26.8 Å². The quantitative estimate of drug-likeness (QED) is 0.587. The molecule has 0 aliphatic carbocycles. The van der Waals surface area contributed by atoms with Crippen LogP contribution in [0.3, 0.4) is 0 Å². The fourth-order valence-corrected chi connectivity index (χ4v) is 2.47. The van der Waals surface area contributed by atoms with Gasteiger partial charge in [0.1, 0.15) is 0 Å². The highest BCUT2D eigenvalue weighted by molar-refractivity contribution is 7.86. The van der Waals surface area contributed by atoms with Crippen molar-refractivity contribution in [1.29, 1.82) is 0 Å². The third-order valence-corrected chi connectivity index (χ3v) is 3.92. The Labute approximate surface area is 122 Å². The molecule has 0 unspecified atom stereocenters. The summed E-state index contributed by atoms with van der Waals surface area (Å²) in [6.45, 7) is 2.36. The van der Waals surface area contributed by atoms with Crippen LogP contribution >= 0.6 is 0 Å². The van der Waals surface area contributed by atoms with Crippen molar-refractivity contribution in [1.82, 2.24) is 5.48 Å². The van der Waals surface area contributed by atoms with E-state index in [0.717, 1.165) is 43.9 Å². The maximum atomic E-state index is 12.5. The van der Waals surface area contributed by atoms with Crippen LogP contribution in [0.2, 0.25) is 0 Å². The first kappa shape index (κ1) is 17.9. The van der Waals surface area contributed by atoms with Crippen LogP contribution in [-0.4, -0.2) is 15.0 Å². The molecule has 1 N–H and O–H groups in total. The van der Waals surface area contributed by atoms with E-state index in [2.05, 4.69) is 9.76 Å². The molecule has 0 bridgehead atoms. The van der Waals surface area contributed by atoms with Gasteiger partial charge in [0.2, 0.25) is 0 Å². The Kier molecular flexibility index (Phi) is 6.63. The third kappa shape index (κ3) is 6.03. The van der Waals surface area contributed by atoms with Crippen molar-refractivity contribution >= 4 is 10.1 Å². The summed E-state index contributed by atoms with van der Waals surface area (Å²) in [5, 5.41) is 0. The monoisotopic (exact) mass is 325 g/mol. The Morgan fingerprint density at radius 3 is 2.52 bits per heavy atom. The van der Waals surface area contributed by atoms with Gasteiger partial charge < -0.3 is 0 Å². The second-order valence-electron chi connectivity index (χ2n) is 4.52. The molecular formula is C13H18F3NO3S. The predicted molar refractivity (Wildman–Crippen MR) is 71.9 cm³/mol. The lowest BCUT2D eigenvalue weighted by molar-refractivity contribution is -0.137. The Bertz CT molecular complexity index is 544. The van der Waals surface area contributed by atoms with Crippen LogP contribution in [0.25, 0.3) is 0 Å². The van der Waals surface area contributed by atoms with Crippen molar-refractivity contribution in [2.75, 3.05) is 6.54 Å². The van der Waals surface area contributed by atoms with Gasteiger partial charge in [-0.25, -0.2) is 0 Å². The van der Waals surface area contributed by atoms with Gasteiger partial charge in [-0.05, 0) is 24.6 Å². The van der Waals surface area contributed by atoms with Crippen LogP contribution in [-0.2, 0) is 20.6 Å². The number of rotatable bonds is 8. The molecule has 1 aromatic rings. The number of alkyl halides is 3. The van der Waals surface area contributed by atoms with Crippen LogP contribution in [0.15, 0.2) is 29.2 Å². The van der Waals surface area contributed by atoms with E-state index in [1.54, 1.807) is 0 Å². The average molecular weight is 325 g/mol. The average Bonchev–Trinajstić information content (AvgIpc) is 2.42. The zero-order valence-electron chi connectivity index (χ0n) is 11.6. The highest BCUT2D eigenvalue weighted by Gasteiger charge is 2.31. The van der Waals surface area contributed by atoms with Crippen LogP contribution in [0, 0.1) is 0 Å². The van der Waals surface area contributed by atoms with E-state index in [-0.39, 0.29) is 0 Å². The van der Waals surface area contributed by atoms with Gasteiger partial charge in [-0.1, -0.05) is 32.3 Å². The summed E-state index contributed by atoms with van der Waals surface area (Å²) in [5.74, 6) is 0. The minimum absolute atomic E-state index is 0.318. The normalized spacial score (nSPS) is 12.6. The third-order valence-electron chi connectivity index (χ3n) is 2.75. The molecule has 0 amide bonds. The second kappa shape index (κ2) is 7.77. The van der Waals surface area contributed by atoms with E-state index in [1.165, 1.54) is 0 Å². The highest BCUT2D eigenvalue weighted by Crippen LogP contribution is 2.30. The lowest BCUT2D eigenvalue weighted by atomic mass is 10.2. The molecule has 0 saturated heterocycles. The van der Waals surface area contributed by atoms with Crippen LogP contribution < -0.4 is 5.48 Å². The smallest absolute Gasteiger partial charge is 0.192 e. The zero-order valence-corrected chi connectivity index (χ0v) is 12.4. The van der Waals surface area contributed by atoms with Gasteiger partial charge >= 0.3 is 16.3 Å². The first-order chi connectivity index (χ1) is 9.77. The van der Waals surface area contributed by atoms with E-state index in [9.17, 15) is 21.6 Å². The molecule has 0 saturated carbocycles. The maximum Gasteiger partial charge on any atom is 0.416 e. The van der Waals surface area contributed by atoms with Crippen LogP contribution in [0.5, 0.6) is 0 Å². The summed E-state index contributed by atoms with van der Waals surface area (Å²) in [6, 6.07) is 3.44. The number of nitrogens with one attached hydrogen (secondary N) is 1. The lowest BCUT2D eigenvalue weighted by Crippen LogP contribution is -2.21.